The average Bonchev–Trinajstić information content (AvgIpc) is 3.08. The maximum absolute atomic E-state index is 13.9. The minimum atomic E-state index is -2.87. The Morgan fingerprint density at radius 1 is 0.936 bits per heavy atom. The quantitative estimate of drug-likeness (QED) is 0.204. The van der Waals surface area contributed by atoms with Crippen LogP contribution < -0.4 is 15.7 Å². The van der Waals surface area contributed by atoms with Gasteiger partial charge in [0.25, 0.3) is 8.32 Å². The molecule has 0 unspecified atom stereocenters. The maximum atomic E-state index is 13.9. The Kier molecular flexibility index (Phi) is 10.8. The van der Waals surface area contributed by atoms with Crippen molar-refractivity contribution in [3.63, 3.8) is 0 Å². The molecule has 2 amide bonds. The number of rotatable bonds is 10. The molecule has 47 heavy (non-hydrogen) atoms. The summed E-state index contributed by atoms with van der Waals surface area (Å²) >= 11 is 6.18. The van der Waals surface area contributed by atoms with Crippen molar-refractivity contribution in [3.05, 3.63) is 120 Å². The van der Waals surface area contributed by atoms with E-state index in [2.05, 4.69) is 84.6 Å². The number of ether oxygens (including phenoxy) is 1. The van der Waals surface area contributed by atoms with Gasteiger partial charge in [-0.1, -0.05) is 123 Å². The van der Waals surface area contributed by atoms with Crippen molar-refractivity contribution in [2.75, 3.05) is 13.2 Å². The van der Waals surface area contributed by atoms with Gasteiger partial charge in [-0.3, -0.25) is 9.78 Å². The first-order chi connectivity index (χ1) is 22.5. The molecule has 0 spiro atoms. The van der Waals surface area contributed by atoms with Gasteiger partial charge in [-0.15, -0.1) is 0 Å². The van der Waals surface area contributed by atoms with Crippen molar-refractivity contribution in [1.29, 1.82) is 0 Å². The van der Waals surface area contributed by atoms with Gasteiger partial charge >= 0.3 is 6.09 Å². The highest BCUT2D eigenvalue weighted by Gasteiger charge is 2.51. The number of benzene rings is 3. The summed E-state index contributed by atoms with van der Waals surface area (Å²) in [7, 11) is -2.87. The second kappa shape index (κ2) is 14.8. The Bertz CT molecular complexity index is 1600. The molecule has 4 aromatic rings. The molecule has 10 heteroatoms. The molecule has 5 rings (SSSR count). The number of aromatic nitrogens is 2. The Labute approximate surface area is 283 Å². The highest BCUT2D eigenvalue weighted by atomic mass is 35.5. The summed E-state index contributed by atoms with van der Waals surface area (Å²) in [5, 5.41) is 5.33. The van der Waals surface area contributed by atoms with Crippen LogP contribution in [0.3, 0.4) is 0 Å². The molecule has 8 nitrogen and oxygen atoms in total. The Hall–Kier alpha value is -4.05. The molecule has 1 N–H and O–H groups in total. The topological polar surface area (TPSA) is 93.6 Å². The predicted octanol–water partition coefficient (Wildman–Crippen LogP) is 6.13. The molecule has 1 fully saturated rings. The summed E-state index contributed by atoms with van der Waals surface area (Å²) in [6, 6.07) is 30.2. The Morgan fingerprint density at radius 3 is 2.09 bits per heavy atom. The van der Waals surface area contributed by atoms with Gasteiger partial charge in [0, 0.05) is 18.9 Å². The van der Waals surface area contributed by atoms with Crippen LogP contribution >= 0.6 is 11.6 Å². The van der Waals surface area contributed by atoms with Crippen molar-refractivity contribution >= 4 is 42.3 Å². The molecule has 3 aromatic carbocycles. The summed E-state index contributed by atoms with van der Waals surface area (Å²) < 4.78 is 13.1. The van der Waals surface area contributed by atoms with E-state index in [1.54, 1.807) is 4.90 Å². The minimum absolute atomic E-state index is 0.131. The number of carbonyl (C=O) groups excluding carboxylic acids is 2. The Morgan fingerprint density at radius 2 is 1.51 bits per heavy atom. The van der Waals surface area contributed by atoms with Crippen LogP contribution in [0.25, 0.3) is 0 Å². The van der Waals surface area contributed by atoms with Crippen LogP contribution in [0.15, 0.2) is 103 Å². The zero-order valence-corrected chi connectivity index (χ0v) is 29.2. The van der Waals surface area contributed by atoms with Crippen molar-refractivity contribution in [2.24, 2.45) is 5.41 Å². The van der Waals surface area contributed by atoms with E-state index in [0.717, 1.165) is 5.56 Å². The molecule has 1 saturated heterocycles. The molecule has 0 radical (unpaired) electrons. The van der Waals surface area contributed by atoms with E-state index in [1.165, 1.54) is 22.8 Å². The number of halogens is 1. The highest BCUT2D eigenvalue weighted by Crippen LogP contribution is 2.39. The van der Waals surface area contributed by atoms with Gasteiger partial charge in [0.05, 0.1) is 30.3 Å². The minimum Gasteiger partial charge on any atom is -0.445 e. The van der Waals surface area contributed by atoms with E-state index in [-0.39, 0.29) is 41.8 Å². The third kappa shape index (κ3) is 7.75. The maximum Gasteiger partial charge on any atom is 0.410 e. The van der Waals surface area contributed by atoms with Gasteiger partial charge in [-0.2, -0.15) is 0 Å². The van der Waals surface area contributed by atoms with Crippen molar-refractivity contribution in [3.8, 4) is 0 Å². The fourth-order valence-corrected chi connectivity index (χ4v) is 11.2. The lowest BCUT2D eigenvalue weighted by atomic mass is 9.78. The predicted molar refractivity (Wildman–Crippen MR) is 187 cm³/mol. The normalized spacial score (nSPS) is 18.4. The lowest BCUT2D eigenvalue weighted by Crippen LogP contribution is -2.68. The molecule has 2 heterocycles. The second-order valence-electron chi connectivity index (χ2n) is 13.4. The fourth-order valence-electron chi connectivity index (χ4n) is 6.43. The van der Waals surface area contributed by atoms with E-state index in [9.17, 15) is 9.59 Å². The monoisotopic (exact) mass is 670 g/mol. The fraction of sp³-hybridized carbons (Fsp3) is 0.351. The zero-order chi connectivity index (χ0) is 33.5. The van der Waals surface area contributed by atoms with Gasteiger partial charge in [0.2, 0.25) is 5.91 Å². The van der Waals surface area contributed by atoms with Gasteiger partial charge in [0.15, 0.2) is 5.15 Å². The zero-order valence-electron chi connectivity index (χ0n) is 27.5. The number of hydrogen-bond donors (Lipinski definition) is 1. The largest absolute Gasteiger partial charge is 0.445 e. The lowest BCUT2D eigenvalue weighted by Gasteiger charge is -2.47. The third-order valence-corrected chi connectivity index (χ3v) is 14.3. The Balaban J connectivity index is 1.42. The molecule has 246 valence electrons. The van der Waals surface area contributed by atoms with E-state index < -0.39 is 19.8 Å². The third-order valence-electron chi connectivity index (χ3n) is 9.03. The van der Waals surface area contributed by atoms with Crippen LogP contribution in [0.2, 0.25) is 10.2 Å². The number of piperidine rings is 1. The smallest absolute Gasteiger partial charge is 0.410 e. The molecule has 0 saturated carbocycles. The van der Waals surface area contributed by atoms with Crippen LogP contribution in [0, 0.1) is 5.41 Å². The molecular weight excluding hydrogens is 628 g/mol. The average molecular weight is 671 g/mol. The first-order valence-electron chi connectivity index (χ1n) is 16.0. The standard InChI is InChI=1S/C37H43ClN4O4Si/c1-36(2,3)47(30-16-10-6-11-17-30,31-18-12-7-13-19-31)46-26-29-20-21-37(4,34(43)41-24-32-33(38)40-23-22-39-32)27-42(29)35(44)45-25-28-14-8-5-9-15-28/h5-19,22-23,29H,20-21,24-27H2,1-4H3,(H,41,43)/t29-,37+/m1/s1. The number of amides is 2. The van der Waals surface area contributed by atoms with Crippen LogP contribution in [0.5, 0.6) is 0 Å². The van der Waals surface area contributed by atoms with Crippen LogP contribution in [0.1, 0.15) is 51.8 Å². The number of nitrogens with one attached hydrogen (secondary N) is 1. The summed E-state index contributed by atoms with van der Waals surface area (Å²) in [5.74, 6) is -0.188. The molecule has 1 aromatic heterocycles. The molecule has 0 bridgehead atoms. The number of carbonyl (C=O) groups is 2. The van der Waals surface area contributed by atoms with Crippen molar-refractivity contribution < 1.29 is 18.8 Å². The number of hydrogen-bond acceptors (Lipinski definition) is 6. The summed E-state index contributed by atoms with van der Waals surface area (Å²) in [4.78, 5) is 37.5. The van der Waals surface area contributed by atoms with E-state index in [0.29, 0.717) is 25.1 Å². The molecular formula is C37H43ClN4O4Si. The second-order valence-corrected chi connectivity index (χ2v) is 18.0. The molecule has 0 aliphatic carbocycles. The number of nitrogens with zero attached hydrogens (tertiary/aromatic N) is 3. The van der Waals surface area contributed by atoms with E-state index >= 15 is 0 Å². The van der Waals surface area contributed by atoms with Crippen molar-refractivity contribution in [2.45, 2.75) is 64.8 Å². The first-order valence-corrected chi connectivity index (χ1v) is 18.3. The van der Waals surface area contributed by atoms with Crippen LogP contribution in [-0.4, -0.2) is 54.4 Å². The van der Waals surface area contributed by atoms with E-state index in [1.807, 2.05) is 49.4 Å². The first kappa shape index (κ1) is 34.3. The van der Waals surface area contributed by atoms with Gasteiger partial charge < -0.3 is 19.4 Å². The van der Waals surface area contributed by atoms with E-state index in [4.69, 9.17) is 20.8 Å². The van der Waals surface area contributed by atoms with Gasteiger partial charge in [0.1, 0.15) is 6.61 Å². The van der Waals surface area contributed by atoms with Crippen LogP contribution in [-0.2, 0) is 27.1 Å². The van der Waals surface area contributed by atoms with Gasteiger partial charge in [-0.05, 0) is 40.7 Å². The molecule has 1 aliphatic rings. The van der Waals surface area contributed by atoms with Gasteiger partial charge in [-0.25, -0.2) is 9.78 Å². The summed E-state index contributed by atoms with van der Waals surface area (Å²) in [5.41, 5.74) is 0.505. The summed E-state index contributed by atoms with van der Waals surface area (Å²) in [6.45, 7) is 9.34. The molecule has 1 aliphatic heterocycles. The van der Waals surface area contributed by atoms with Crippen LogP contribution in [0.4, 0.5) is 4.79 Å². The SMILES string of the molecule is CC(C)(C)[Si](OC[C@H]1CC[C@](C)(C(=O)NCc2nccnc2Cl)CN1C(=O)OCc1ccccc1)(c1ccccc1)c1ccccc1. The molecule has 2 atom stereocenters. The lowest BCUT2D eigenvalue weighted by molar-refractivity contribution is -0.134. The van der Waals surface area contributed by atoms with Crippen molar-refractivity contribution in [1.82, 2.24) is 20.2 Å². The highest BCUT2D eigenvalue weighted by molar-refractivity contribution is 6.99. The number of likely N-dealkylation sites (tertiary alicyclic amines) is 1. The summed E-state index contributed by atoms with van der Waals surface area (Å²) in [6.07, 6.45) is 3.69.